The first-order valence-electron chi connectivity index (χ1n) is 8.72. The van der Waals surface area contributed by atoms with E-state index in [0.717, 1.165) is 50.9 Å². The first-order valence-corrected chi connectivity index (χ1v) is 8.72. The van der Waals surface area contributed by atoms with Crippen molar-refractivity contribution >= 4 is 11.7 Å². The summed E-state index contributed by atoms with van der Waals surface area (Å²) in [6.07, 6.45) is 4.64. The van der Waals surface area contributed by atoms with Gasteiger partial charge in [-0.05, 0) is 38.1 Å². The summed E-state index contributed by atoms with van der Waals surface area (Å²) in [5.74, 6) is -2.34. The summed E-state index contributed by atoms with van der Waals surface area (Å²) in [5.41, 5.74) is 3.66. The van der Waals surface area contributed by atoms with Crippen molar-refractivity contribution in [3.05, 3.63) is 41.1 Å². The van der Waals surface area contributed by atoms with Crippen molar-refractivity contribution in [1.82, 2.24) is 10.8 Å². The molecule has 0 bridgehead atoms. The minimum absolute atomic E-state index is 0.129. The second-order valence-corrected chi connectivity index (χ2v) is 6.37. The van der Waals surface area contributed by atoms with E-state index in [9.17, 15) is 13.6 Å². The Morgan fingerprint density at radius 1 is 1.27 bits per heavy atom. The number of hydrogen-bond acceptors (Lipinski definition) is 6. The number of nitrogens with zero attached hydrogens (tertiary/aromatic N) is 1. The molecule has 6 nitrogen and oxygen atoms in total. The SMILES string of the molecule is COC(=O)c1cc(F)c(N2CC=C(NOC3CCNCC3)CC2)cc1F. The fourth-order valence-corrected chi connectivity index (χ4v) is 3.10. The lowest BCUT2D eigenvalue weighted by molar-refractivity contribution is -0.0246. The number of nitrogens with one attached hydrogen (secondary N) is 2. The molecule has 26 heavy (non-hydrogen) atoms. The van der Waals surface area contributed by atoms with Crippen LogP contribution in [0.2, 0.25) is 0 Å². The summed E-state index contributed by atoms with van der Waals surface area (Å²) < 4.78 is 32.8. The van der Waals surface area contributed by atoms with Crippen LogP contribution in [0, 0.1) is 11.6 Å². The number of methoxy groups -OCH3 is 1. The summed E-state index contributed by atoms with van der Waals surface area (Å²) in [6, 6.07) is 1.92. The van der Waals surface area contributed by atoms with Gasteiger partial charge >= 0.3 is 5.97 Å². The van der Waals surface area contributed by atoms with Crippen LogP contribution in [-0.2, 0) is 9.57 Å². The minimum Gasteiger partial charge on any atom is -0.465 e. The molecule has 0 atom stereocenters. The zero-order chi connectivity index (χ0) is 18.5. The van der Waals surface area contributed by atoms with Gasteiger partial charge in [0.2, 0.25) is 0 Å². The second kappa shape index (κ2) is 8.46. The van der Waals surface area contributed by atoms with Gasteiger partial charge in [0, 0.05) is 31.3 Å². The first-order chi connectivity index (χ1) is 12.6. The maximum absolute atomic E-state index is 14.3. The number of piperidine rings is 1. The molecule has 0 radical (unpaired) electrons. The summed E-state index contributed by atoms with van der Waals surface area (Å²) >= 11 is 0. The number of halogens is 2. The topological polar surface area (TPSA) is 62.8 Å². The molecule has 3 rings (SSSR count). The van der Waals surface area contributed by atoms with E-state index in [1.54, 1.807) is 4.90 Å². The van der Waals surface area contributed by atoms with E-state index in [1.165, 1.54) is 0 Å². The van der Waals surface area contributed by atoms with Gasteiger partial charge in [-0.2, -0.15) is 0 Å². The standard InChI is InChI=1S/C18H23F2N3O3/c1-25-18(24)14-10-16(20)17(11-15(14)19)23-8-4-12(5-9-23)22-26-13-2-6-21-7-3-13/h4,10-11,13,21-22H,2-3,5-9H2,1H3. The highest BCUT2D eigenvalue weighted by atomic mass is 19.1. The van der Waals surface area contributed by atoms with Crippen LogP contribution in [0.1, 0.15) is 29.6 Å². The van der Waals surface area contributed by atoms with E-state index in [4.69, 9.17) is 4.84 Å². The Balaban J connectivity index is 1.61. The van der Waals surface area contributed by atoms with E-state index in [0.29, 0.717) is 19.5 Å². The largest absolute Gasteiger partial charge is 0.465 e. The van der Waals surface area contributed by atoms with Crippen LogP contribution in [0.15, 0.2) is 23.9 Å². The lowest BCUT2D eigenvalue weighted by atomic mass is 10.1. The molecular weight excluding hydrogens is 344 g/mol. The van der Waals surface area contributed by atoms with Crippen LogP contribution >= 0.6 is 0 Å². The van der Waals surface area contributed by atoms with Crippen molar-refractivity contribution in [3.8, 4) is 0 Å². The number of esters is 1. The number of anilines is 1. The highest BCUT2D eigenvalue weighted by Gasteiger charge is 2.22. The van der Waals surface area contributed by atoms with Crippen LogP contribution in [-0.4, -0.2) is 45.4 Å². The van der Waals surface area contributed by atoms with Crippen molar-refractivity contribution in [3.63, 3.8) is 0 Å². The van der Waals surface area contributed by atoms with E-state index in [2.05, 4.69) is 15.5 Å². The van der Waals surface area contributed by atoms with E-state index >= 15 is 0 Å². The average Bonchev–Trinajstić information content (AvgIpc) is 2.68. The second-order valence-electron chi connectivity index (χ2n) is 6.37. The number of hydroxylamine groups is 1. The molecular formula is C18H23F2N3O3. The predicted molar refractivity (Wildman–Crippen MR) is 92.7 cm³/mol. The molecule has 0 spiro atoms. The van der Waals surface area contributed by atoms with Gasteiger partial charge in [0.15, 0.2) is 0 Å². The molecule has 2 N–H and O–H groups in total. The molecule has 0 saturated carbocycles. The van der Waals surface area contributed by atoms with Gasteiger partial charge in [0.05, 0.1) is 24.5 Å². The number of carbonyl (C=O) groups excluding carboxylic acids is 1. The summed E-state index contributed by atoms with van der Waals surface area (Å²) in [5, 5.41) is 3.28. The van der Waals surface area contributed by atoms with Gasteiger partial charge in [-0.1, -0.05) is 0 Å². The van der Waals surface area contributed by atoms with Gasteiger partial charge < -0.3 is 15.0 Å². The lowest BCUT2D eigenvalue weighted by Gasteiger charge is -2.30. The number of hydrogen-bond donors (Lipinski definition) is 2. The maximum Gasteiger partial charge on any atom is 0.340 e. The van der Waals surface area contributed by atoms with Crippen molar-refractivity contribution < 1.29 is 23.1 Å². The van der Waals surface area contributed by atoms with Crippen LogP contribution < -0.4 is 15.7 Å². The third-order valence-electron chi connectivity index (χ3n) is 4.63. The molecule has 1 fully saturated rings. The molecule has 2 aliphatic heterocycles. The number of rotatable bonds is 5. The molecule has 1 aromatic carbocycles. The van der Waals surface area contributed by atoms with Crippen LogP contribution in [0.25, 0.3) is 0 Å². The monoisotopic (exact) mass is 367 g/mol. The zero-order valence-electron chi connectivity index (χ0n) is 14.7. The molecule has 0 unspecified atom stereocenters. The number of ether oxygens (including phenoxy) is 1. The zero-order valence-corrected chi connectivity index (χ0v) is 14.7. The Morgan fingerprint density at radius 2 is 2.04 bits per heavy atom. The smallest absolute Gasteiger partial charge is 0.340 e. The molecule has 142 valence electrons. The molecule has 8 heteroatoms. The Labute approximate surface area is 151 Å². The molecule has 0 aliphatic carbocycles. The first kappa shape index (κ1) is 18.6. The summed E-state index contributed by atoms with van der Waals surface area (Å²) in [7, 11) is 1.13. The predicted octanol–water partition coefficient (Wildman–Crippen LogP) is 2.12. The Morgan fingerprint density at radius 3 is 2.69 bits per heavy atom. The summed E-state index contributed by atoms with van der Waals surface area (Å²) in [4.78, 5) is 18.9. The number of benzene rings is 1. The molecule has 0 aromatic heterocycles. The normalized spacial score (nSPS) is 18.4. The Bertz CT molecular complexity index is 691. The van der Waals surface area contributed by atoms with E-state index in [-0.39, 0.29) is 11.8 Å². The Kier molecular flexibility index (Phi) is 6.05. The van der Waals surface area contributed by atoms with Gasteiger partial charge in [0.25, 0.3) is 0 Å². The van der Waals surface area contributed by atoms with Gasteiger partial charge in [0.1, 0.15) is 11.6 Å². The quantitative estimate of drug-likeness (QED) is 0.614. The number of carbonyl (C=O) groups is 1. The fourth-order valence-electron chi connectivity index (χ4n) is 3.10. The molecule has 0 amide bonds. The van der Waals surface area contributed by atoms with E-state index < -0.39 is 23.2 Å². The van der Waals surface area contributed by atoms with Crippen LogP contribution in [0.4, 0.5) is 14.5 Å². The third-order valence-corrected chi connectivity index (χ3v) is 4.63. The molecule has 2 aliphatic rings. The Hall–Kier alpha value is -2.19. The molecule has 2 heterocycles. The van der Waals surface area contributed by atoms with Crippen LogP contribution in [0.5, 0.6) is 0 Å². The van der Waals surface area contributed by atoms with Gasteiger partial charge in [-0.15, -0.1) is 0 Å². The van der Waals surface area contributed by atoms with Gasteiger partial charge in [-0.3, -0.25) is 10.3 Å². The van der Waals surface area contributed by atoms with E-state index in [1.807, 2.05) is 6.08 Å². The van der Waals surface area contributed by atoms with Crippen molar-refractivity contribution in [1.29, 1.82) is 0 Å². The molecule has 1 saturated heterocycles. The maximum atomic E-state index is 14.3. The minimum atomic E-state index is -0.895. The molecule has 1 aromatic rings. The van der Waals surface area contributed by atoms with Crippen molar-refractivity contribution in [2.75, 3.05) is 38.2 Å². The van der Waals surface area contributed by atoms with Crippen molar-refractivity contribution in [2.24, 2.45) is 0 Å². The van der Waals surface area contributed by atoms with Gasteiger partial charge in [-0.25, -0.2) is 13.6 Å². The third kappa shape index (κ3) is 4.31. The van der Waals surface area contributed by atoms with Crippen molar-refractivity contribution in [2.45, 2.75) is 25.4 Å². The average molecular weight is 367 g/mol. The highest BCUT2D eigenvalue weighted by Crippen LogP contribution is 2.26. The summed E-state index contributed by atoms with van der Waals surface area (Å²) in [6.45, 7) is 2.84. The highest BCUT2D eigenvalue weighted by molar-refractivity contribution is 5.90. The van der Waals surface area contributed by atoms with Crippen LogP contribution in [0.3, 0.4) is 0 Å². The fraction of sp³-hybridized carbons (Fsp3) is 0.500. The lowest BCUT2D eigenvalue weighted by Crippen LogP contribution is -2.37.